The van der Waals surface area contributed by atoms with Crippen molar-refractivity contribution in [1.82, 2.24) is 20.2 Å². The maximum Gasteiger partial charge on any atom is 0.408 e. The molecule has 13 heteroatoms. The molecule has 2 rings (SSSR count). The Bertz CT molecular complexity index is 1280. The molecule has 0 unspecified atom stereocenters. The zero-order valence-corrected chi connectivity index (χ0v) is 26.2. The molecule has 1 heterocycles. The minimum absolute atomic E-state index is 0.0554. The van der Waals surface area contributed by atoms with E-state index < -0.39 is 56.1 Å². The number of aromatic nitrogens is 2. The number of halogens is 1. The molecule has 0 aromatic carbocycles. The first-order chi connectivity index (χ1) is 19.1. The van der Waals surface area contributed by atoms with Gasteiger partial charge in [-0.15, -0.1) is 0 Å². The van der Waals surface area contributed by atoms with Crippen LogP contribution in [0.15, 0.2) is 28.8 Å². The van der Waals surface area contributed by atoms with Gasteiger partial charge in [-0.25, -0.2) is 14.2 Å². The summed E-state index contributed by atoms with van der Waals surface area (Å²) in [6.07, 6.45) is 7.54. The zero-order chi connectivity index (χ0) is 31.4. The highest BCUT2D eigenvalue weighted by molar-refractivity contribution is 7.86. The van der Waals surface area contributed by atoms with Gasteiger partial charge in [-0.1, -0.05) is 45.3 Å². The first-order valence-electron chi connectivity index (χ1n) is 13.9. The van der Waals surface area contributed by atoms with Crippen molar-refractivity contribution in [2.24, 2.45) is 0 Å². The number of allylic oxidation sites excluding steroid dienone is 3. The fourth-order valence-electron chi connectivity index (χ4n) is 4.28. The minimum atomic E-state index is -4.20. The second-order valence-corrected chi connectivity index (χ2v) is 11.9. The summed E-state index contributed by atoms with van der Waals surface area (Å²) >= 11 is 0. The fraction of sp³-hybridized carbons (Fsp3) is 0.643. The van der Waals surface area contributed by atoms with Crippen LogP contribution in [0.4, 0.5) is 9.18 Å². The van der Waals surface area contributed by atoms with Crippen LogP contribution in [0.5, 0.6) is 5.75 Å². The summed E-state index contributed by atoms with van der Waals surface area (Å²) in [5.74, 6) is -1.91. The summed E-state index contributed by atoms with van der Waals surface area (Å²) in [6.45, 7) is 12.5. The number of hydrogen-bond acceptors (Lipinski definition) is 8. The average molecular weight is 601 g/mol. The molecule has 0 aliphatic heterocycles. The number of hydrogen-bond donors (Lipinski definition) is 2. The van der Waals surface area contributed by atoms with Crippen molar-refractivity contribution in [3.63, 3.8) is 0 Å². The third-order valence-electron chi connectivity index (χ3n) is 5.92. The van der Waals surface area contributed by atoms with Crippen LogP contribution in [0.2, 0.25) is 0 Å². The van der Waals surface area contributed by atoms with E-state index >= 15 is 0 Å². The Morgan fingerprint density at radius 3 is 2.29 bits per heavy atom. The molecule has 0 bridgehead atoms. The molecular weight excluding hydrogens is 555 g/mol. The summed E-state index contributed by atoms with van der Waals surface area (Å²) < 4.78 is 48.9. The van der Waals surface area contributed by atoms with E-state index in [0.717, 1.165) is 12.7 Å². The molecule has 0 spiro atoms. The predicted octanol–water partition coefficient (Wildman–Crippen LogP) is 4.86. The number of carbonyl (C=O) groups is 2. The quantitative estimate of drug-likeness (QED) is 0.220. The van der Waals surface area contributed by atoms with Gasteiger partial charge >= 0.3 is 16.2 Å². The van der Waals surface area contributed by atoms with E-state index in [1.807, 2.05) is 13.8 Å². The van der Waals surface area contributed by atoms with Crippen LogP contribution < -0.4 is 20.4 Å². The summed E-state index contributed by atoms with van der Waals surface area (Å²) in [5, 5.41) is 5.46. The molecule has 1 aromatic heterocycles. The van der Waals surface area contributed by atoms with Gasteiger partial charge in [-0.05, 0) is 60.0 Å². The lowest BCUT2D eigenvalue weighted by atomic mass is 9.80. The Labute approximate surface area is 242 Å². The average Bonchev–Trinajstić information content (AvgIpc) is 2.88. The van der Waals surface area contributed by atoms with E-state index in [4.69, 9.17) is 8.92 Å². The van der Waals surface area contributed by atoms with Gasteiger partial charge in [-0.2, -0.15) is 8.42 Å². The number of carbonyl (C=O) groups excluding carboxylic acids is 2. The lowest BCUT2D eigenvalue weighted by Gasteiger charge is -2.39. The lowest BCUT2D eigenvalue weighted by Crippen LogP contribution is -2.52. The van der Waals surface area contributed by atoms with Crippen LogP contribution in [0.1, 0.15) is 103 Å². The number of ether oxygens (including phenoxy) is 1. The van der Waals surface area contributed by atoms with Gasteiger partial charge in [0.15, 0.2) is 5.69 Å². The molecule has 2 amide bonds. The van der Waals surface area contributed by atoms with Crippen molar-refractivity contribution < 1.29 is 31.3 Å². The van der Waals surface area contributed by atoms with Gasteiger partial charge in [-0.3, -0.25) is 14.2 Å². The van der Waals surface area contributed by atoms with E-state index in [1.165, 1.54) is 22.8 Å². The summed E-state index contributed by atoms with van der Waals surface area (Å²) in [6, 6.07) is 0. The van der Waals surface area contributed by atoms with Gasteiger partial charge in [0.05, 0.1) is 6.26 Å². The largest absolute Gasteiger partial charge is 0.444 e. The van der Waals surface area contributed by atoms with Crippen LogP contribution in [0.25, 0.3) is 0 Å². The minimum Gasteiger partial charge on any atom is -0.444 e. The highest BCUT2D eigenvalue weighted by Gasteiger charge is 2.42. The van der Waals surface area contributed by atoms with E-state index in [1.54, 1.807) is 34.6 Å². The van der Waals surface area contributed by atoms with E-state index in [9.17, 15) is 27.2 Å². The molecule has 11 nitrogen and oxygen atoms in total. The Kier molecular flexibility index (Phi) is 13.7. The van der Waals surface area contributed by atoms with Gasteiger partial charge in [0.2, 0.25) is 5.75 Å². The second kappa shape index (κ2) is 15.7. The Morgan fingerprint density at radius 1 is 1.17 bits per heavy atom. The normalized spacial score (nSPS) is 15.5. The summed E-state index contributed by atoms with van der Waals surface area (Å²) in [5.41, 5.74) is -3.31. The number of alkyl carbamates (subject to hydrolysis) is 1. The van der Waals surface area contributed by atoms with Gasteiger partial charge in [0, 0.05) is 13.1 Å². The van der Waals surface area contributed by atoms with Gasteiger partial charge in [0.25, 0.3) is 11.5 Å². The maximum atomic E-state index is 13.6. The van der Waals surface area contributed by atoms with E-state index in [-0.39, 0.29) is 25.3 Å². The topological polar surface area (TPSA) is 146 Å². The van der Waals surface area contributed by atoms with Crippen LogP contribution >= 0.6 is 0 Å². The third-order valence-corrected chi connectivity index (χ3v) is 6.39. The molecule has 1 aliphatic carbocycles. The van der Waals surface area contributed by atoms with Crippen LogP contribution in [0.3, 0.4) is 0 Å². The number of rotatable bonds is 10. The Balaban J connectivity index is 0.00000411. The molecule has 1 aromatic rings. The number of amides is 2. The molecule has 0 radical (unpaired) electrons. The van der Waals surface area contributed by atoms with Crippen LogP contribution in [-0.2, 0) is 26.9 Å². The highest BCUT2D eigenvalue weighted by Crippen LogP contribution is 2.37. The molecule has 0 saturated heterocycles. The summed E-state index contributed by atoms with van der Waals surface area (Å²) in [4.78, 5) is 44.1. The van der Waals surface area contributed by atoms with Crippen LogP contribution in [-0.4, -0.2) is 48.4 Å². The molecule has 232 valence electrons. The first kappa shape index (κ1) is 35.8. The van der Waals surface area contributed by atoms with Crippen molar-refractivity contribution in [2.75, 3.05) is 12.8 Å². The summed E-state index contributed by atoms with van der Waals surface area (Å²) in [7, 11) is -4.20. The Morgan fingerprint density at radius 2 is 1.78 bits per heavy atom. The molecule has 1 saturated carbocycles. The van der Waals surface area contributed by atoms with Gasteiger partial charge < -0.3 is 19.6 Å². The number of nitrogens with one attached hydrogen (secondary N) is 2. The highest BCUT2D eigenvalue weighted by atomic mass is 32.2. The zero-order valence-electron chi connectivity index (χ0n) is 25.4. The third kappa shape index (κ3) is 10.9. The molecule has 41 heavy (non-hydrogen) atoms. The van der Waals surface area contributed by atoms with Crippen molar-refractivity contribution >= 4 is 22.1 Å². The molecule has 1 fully saturated rings. The number of nitrogens with zero attached hydrogens (tertiary/aromatic N) is 2. The monoisotopic (exact) mass is 600 g/mol. The molecule has 0 atom stereocenters. The van der Waals surface area contributed by atoms with E-state index in [2.05, 4.69) is 15.6 Å². The van der Waals surface area contributed by atoms with Crippen molar-refractivity contribution in [3.05, 3.63) is 45.9 Å². The Hall–Kier alpha value is -3.22. The first-order valence-corrected chi connectivity index (χ1v) is 15.8. The predicted molar refractivity (Wildman–Crippen MR) is 156 cm³/mol. The van der Waals surface area contributed by atoms with Crippen molar-refractivity contribution in [1.29, 1.82) is 0 Å². The van der Waals surface area contributed by atoms with Crippen LogP contribution in [0, 0.1) is 0 Å². The maximum absolute atomic E-state index is 13.6. The molecule has 1 aliphatic rings. The lowest BCUT2D eigenvalue weighted by molar-refractivity contribution is 0.0406. The molecule has 2 N–H and O–H groups in total. The SMILES string of the molecule is C/C=C(F)\C=C/CCNC(=O)c1nc(C2(NC(=O)OC(C)(C)C)CCCCC2)n(CC)c(=O)c1OS(C)(=O)=O.CC. The van der Waals surface area contributed by atoms with E-state index in [0.29, 0.717) is 25.7 Å². The van der Waals surface area contributed by atoms with Gasteiger partial charge in [0.1, 0.15) is 22.8 Å². The van der Waals surface area contributed by atoms with Crippen molar-refractivity contribution in [3.8, 4) is 5.75 Å². The second-order valence-electron chi connectivity index (χ2n) is 10.3. The fourth-order valence-corrected chi connectivity index (χ4v) is 4.73. The standard InChI is InChI=1S/C26H39FN4O7S.C2H6/c1-7-18(27)14-10-13-17-28-21(32)19-20(38-39(6,35)36)22(33)31(8-2)23(29-19)26(15-11-9-12-16-26)30-24(34)37-25(3,4)5;1-2/h7,10,14H,8-9,11-13,15-17H2,1-6H3,(H,28,32)(H,30,34);1-2H3/b14-10-,18-7+;. The van der Waals surface area contributed by atoms with Crippen molar-refractivity contribution in [2.45, 2.75) is 105 Å². The molecular formula is C28H45FN4O7S. The smallest absolute Gasteiger partial charge is 0.408 e.